The van der Waals surface area contributed by atoms with Gasteiger partial charge in [0.1, 0.15) is 0 Å². The SMILES string of the molecule is O=C(O)CCCCCCCC(F)(F)C(F)(F)F. The van der Waals surface area contributed by atoms with Gasteiger partial charge in [-0.25, -0.2) is 0 Å². The Bertz CT molecular complexity index is 237. The van der Waals surface area contributed by atoms with E-state index >= 15 is 0 Å². The minimum absolute atomic E-state index is 0.00128. The Balaban J connectivity index is 3.55. The largest absolute Gasteiger partial charge is 0.481 e. The Hall–Kier alpha value is -0.880. The fraction of sp³-hybridized carbons (Fsp3) is 0.900. The zero-order valence-electron chi connectivity index (χ0n) is 9.20. The molecule has 0 aliphatic carbocycles. The first-order valence-electron chi connectivity index (χ1n) is 5.33. The fourth-order valence-corrected chi connectivity index (χ4v) is 1.30. The van der Waals surface area contributed by atoms with Gasteiger partial charge in [-0.1, -0.05) is 19.3 Å². The van der Waals surface area contributed by atoms with Crippen molar-refractivity contribution >= 4 is 5.97 Å². The summed E-state index contributed by atoms with van der Waals surface area (Å²) in [5, 5.41) is 8.29. The smallest absolute Gasteiger partial charge is 0.453 e. The van der Waals surface area contributed by atoms with Gasteiger partial charge < -0.3 is 5.11 Å². The average molecular weight is 262 g/mol. The molecule has 0 rings (SSSR count). The molecule has 0 saturated carbocycles. The quantitative estimate of drug-likeness (QED) is 0.530. The fourth-order valence-electron chi connectivity index (χ4n) is 1.30. The second-order valence-corrected chi connectivity index (χ2v) is 3.86. The van der Waals surface area contributed by atoms with Gasteiger partial charge >= 0.3 is 18.1 Å². The van der Waals surface area contributed by atoms with E-state index in [0.717, 1.165) is 0 Å². The number of hydrogen-bond acceptors (Lipinski definition) is 1. The summed E-state index contributed by atoms with van der Waals surface area (Å²) in [5.74, 6) is -5.55. The van der Waals surface area contributed by atoms with Crippen LogP contribution in [0.25, 0.3) is 0 Å². The van der Waals surface area contributed by atoms with Gasteiger partial charge in [0.15, 0.2) is 0 Å². The summed E-state index contributed by atoms with van der Waals surface area (Å²) >= 11 is 0. The molecule has 0 fully saturated rings. The van der Waals surface area contributed by atoms with Crippen LogP contribution < -0.4 is 0 Å². The van der Waals surface area contributed by atoms with Gasteiger partial charge in [0.05, 0.1) is 0 Å². The zero-order chi connectivity index (χ0) is 13.5. The van der Waals surface area contributed by atoms with Gasteiger partial charge in [-0.2, -0.15) is 22.0 Å². The topological polar surface area (TPSA) is 37.3 Å². The summed E-state index contributed by atoms with van der Waals surface area (Å²) in [7, 11) is 0. The van der Waals surface area contributed by atoms with Crippen LogP contribution in [0.5, 0.6) is 0 Å². The molecule has 7 heteroatoms. The third kappa shape index (κ3) is 7.12. The van der Waals surface area contributed by atoms with Crippen molar-refractivity contribution in [1.82, 2.24) is 0 Å². The molecule has 0 aromatic rings. The van der Waals surface area contributed by atoms with E-state index in [-0.39, 0.29) is 19.3 Å². The number of carboxylic acid groups (broad SMARTS) is 1. The standard InChI is InChI=1S/C10H15F5O2/c11-9(12,10(13,14)15)7-5-3-1-2-4-6-8(16)17/h1-7H2,(H,16,17). The second-order valence-electron chi connectivity index (χ2n) is 3.86. The minimum Gasteiger partial charge on any atom is -0.481 e. The third-order valence-corrected chi connectivity index (χ3v) is 2.30. The molecule has 0 saturated heterocycles. The zero-order valence-corrected chi connectivity index (χ0v) is 9.20. The maximum atomic E-state index is 12.4. The number of halogens is 5. The summed E-state index contributed by atoms with van der Waals surface area (Å²) in [4.78, 5) is 10.1. The van der Waals surface area contributed by atoms with Crippen molar-refractivity contribution in [3.8, 4) is 0 Å². The number of unbranched alkanes of at least 4 members (excludes halogenated alkanes) is 4. The van der Waals surface area contributed by atoms with Crippen molar-refractivity contribution in [2.24, 2.45) is 0 Å². The molecule has 0 amide bonds. The molecule has 0 aromatic carbocycles. The van der Waals surface area contributed by atoms with E-state index in [1.165, 1.54) is 0 Å². The monoisotopic (exact) mass is 262 g/mol. The third-order valence-electron chi connectivity index (χ3n) is 2.30. The lowest BCUT2D eigenvalue weighted by Gasteiger charge is -2.19. The molecule has 0 unspecified atom stereocenters. The molecular formula is C10H15F5O2. The number of carbonyl (C=O) groups is 1. The average Bonchev–Trinajstić information content (AvgIpc) is 2.13. The molecule has 1 N–H and O–H groups in total. The van der Waals surface area contributed by atoms with Crippen LogP contribution >= 0.6 is 0 Å². The summed E-state index contributed by atoms with van der Waals surface area (Å²) in [6.07, 6.45) is -5.20. The molecular weight excluding hydrogens is 247 g/mol. The van der Waals surface area contributed by atoms with Crippen molar-refractivity contribution in [2.45, 2.75) is 57.0 Å². The van der Waals surface area contributed by atoms with Gasteiger partial charge in [-0.3, -0.25) is 4.79 Å². The normalized spacial score (nSPS) is 12.8. The van der Waals surface area contributed by atoms with Gasteiger partial charge in [-0.05, 0) is 12.8 Å². The Morgan fingerprint density at radius 2 is 1.35 bits per heavy atom. The summed E-state index contributed by atoms with van der Waals surface area (Å²) in [6, 6.07) is 0. The van der Waals surface area contributed by atoms with E-state index in [9.17, 15) is 26.7 Å². The second kappa shape index (κ2) is 6.76. The van der Waals surface area contributed by atoms with Crippen molar-refractivity contribution < 1.29 is 31.9 Å². The van der Waals surface area contributed by atoms with Gasteiger partial charge in [0, 0.05) is 12.8 Å². The summed E-state index contributed by atoms with van der Waals surface area (Å²) in [5.41, 5.74) is 0. The van der Waals surface area contributed by atoms with E-state index in [1.807, 2.05) is 0 Å². The van der Waals surface area contributed by atoms with Crippen LogP contribution in [0.3, 0.4) is 0 Å². The molecule has 0 bridgehead atoms. The predicted molar refractivity (Wildman–Crippen MR) is 51.0 cm³/mol. The van der Waals surface area contributed by atoms with E-state index in [2.05, 4.69) is 0 Å². The maximum Gasteiger partial charge on any atom is 0.453 e. The lowest BCUT2D eigenvalue weighted by molar-refractivity contribution is -0.284. The molecule has 0 aliphatic rings. The van der Waals surface area contributed by atoms with Gasteiger partial charge in [-0.15, -0.1) is 0 Å². The van der Waals surface area contributed by atoms with Crippen LogP contribution in [0.4, 0.5) is 22.0 Å². The predicted octanol–water partition coefficient (Wildman–Crippen LogP) is 4.00. The van der Waals surface area contributed by atoms with Gasteiger partial charge in [0.2, 0.25) is 0 Å². The van der Waals surface area contributed by atoms with Crippen LogP contribution in [-0.4, -0.2) is 23.2 Å². The van der Waals surface area contributed by atoms with Crippen LogP contribution in [-0.2, 0) is 4.79 Å². The number of aliphatic carboxylic acids is 1. The molecule has 0 aliphatic heterocycles. The summed E-state index contributed by atoms with van der Waals surface area (Å²) < 4.78 is 60.0. The molecule has 2 nitrogen and oxygen atoms in total. The van der Waals surface area contributed by atoms with E-state index in [0.29, 0.717) is 19.3 Å². The van der Waals surface area contributed by atoms with Crippen LogP contribution in [0, 0.1) is 0 Å². The van der Waals surface area contributed by atoms with Crippen molar-refractivity contribution in [3.05, 3.63) is 0 Å². The maximum absolute atomic E-state index is 12.4. The Morgan fingerprint density at radius 1 is 0.882 bits per heavy atom. The first-order chi connectivity index (χ1) is 7.67. The summed E-state index contributed by atoms with van der Waals surface area (Å²) in [6.45, 7) is 0. The number of alkyl halides is 5. The van der Waals surface area contributed by atoms with Crippen molar-refractivity contribution in [2.75, 3.05) is 0 Å². The number of rotatable bonds is 8. The molecule has 0 heterocycles. The van der Waals surface area contributed by atoms with Crippen molar-refractivity contribution in [3.63, 3.8) is 0 Å². The molecule has 0 atom stereocenters. The first kappa shape index (κ1) is 16.1. The van der Waals surface area contributed by atoms with Crippen molar-refractivity contribution in [1.29, 1.82) is 0 Å². The number of hydrogen-bond donors (Lipinski definition) is 1. The molecule has 0 radical (unpaired) electrons. The van der Waals surface area contributed by atoms with Crippen LogP contribution in [0.2, 0.25) is 0 Å². The van der Waals surface area contributed by atoms with Gasteiger partial charge in [0.25, 0.3) is 0 Å². The lowest BCUT2D eigenvalue weighted by atomic mass is 10.1. The highest BCUT2D eigenvalue weighted by Gasteiger charge is 2.56. The molecule has 17 heavy (non-hydrogen) atoms. The molecule has 102 valence electrons. The lowest BCUT2D eigenvalue weighted by Crippen LogP contribution is -2.36. The van der Waals surface area contributed by atoms with E-state index in [1.54, 1.807) is 0 Å². The first-order valence-corrected chi connectivity index (χ1v) is 5.33. The van der Waals surface area contributed by atoms with E-state index < -0.39 is 24.5 Å². The number of carboxylic acids is 1. The Morgan fingerprint density at radius 3 is 1.82 bits per heavy atom. The highest BCUT2D eigenvalue weighted by molar-refractivity contribution is 5.66. The molecule has 0 aromatic heterocycles. The highest BCUT2D eigenvalue weighted by Crippen LogP contribution is 2.39. The van der Waals surface area contributed by atoms with E-state index in [4.69, 9.17) is 5.11 Å². The Kier molecular flexibility index (Phi) is 6.41. The highest BCUT2D eigenvalue weighted by atomic mass is 19.4. The van der Waals surface area contributed by atoms with Crippen LogP contribution in [0.1, 0.15) is 44.9 Å². The minimum atomic E-state index is -5.48. The van der Waals surface area contributed by atoms with Crippen LogP contribution in [0.15, 0.2) is 0 Å². The Labute approximate surface area is 95.8 Å². The molecule has 0 spiro atoms.